The van der Waals surface area contributed by atoms with Gasteiger partial charge in [0.2, 0.25) is 5.91 Å². The lowest BCUT2D eigenvalue weighted by molar-refractivity contribution is -0.191. The third-order valence-electron chi connectivity index (χ3n) is 9.26. The summed E-state index contributed by atoms with van der Waals surface area (Å²) in [4.78, 5) is 54.4. The van der Waals surface area contributed by atoms with Gasteiger partial charge in [-0.3, -0.25) is 4.79 Å². The summed E-state index contributed by atoms with van der Waals surface area (Å²) in [6.07, 6.45) is 9.30. The molecule has 0 bridgehead atoms. The summed E-state index contributed by atoms with van der Waals surface area (Å²) < 4.78 is 37.3. The average Bonchev–Trinajstić information content (AvgIpc) is 3.20. The minimum Gasteiger partial charge on any atom is -0.381 e. The predicted octanol–water partition coefficient (Wildman–Crippen LogP) is 6.96. The number of carbonyl (C=O) groups excluding carboxylic acids is 5. The molecular formula is C40H60BCl2F2N6O7. The molecule has 2 aromatic carbocycles. The van der Waals surface area contributed by atoms with Gasteiger partial charge in [-0.15, -0.1) is 23.2 Å². The summed E-state index contributed by atoms with van der Waals surface area (Å²) in [5.41, 5.74) is 2.01. The number of likely N-dealkylation sites (tertiary alicyclic amines) is 1. The van der Waals surface area contributed by atoms with Gasteiger partial charge in [-0.05, 0) is 120 Å². The zero-order chi connectivity index (χ0) is 41.1. The Morgan fingerprint density at radius 1 is 0.759 bits per heavy atom. The Labute approximate surface area is 354 Å². The van der Waals surface area contributed by atoms with Crippen LogP contribution in [0.15, 0.2) is 36.4 Å². The Kier molecular flexibility index (Phi) is 30.0. The van der Waals surface area contributed by atoms with E-state index in [-0.39, 0.29) is 74.9 Å². The molecule has 0 aliphatic carbocycles. The lowest BCUT2D eigenvalue weighted by Crippen LogP contribution is -2.49. The second-order valence-electron chi connectivity index (χ2n) is 13.5. The second kappa shape index (κ2) is 32.1. The molecule has 3 radical (unpaired) electrons. The van der Waals surface area contributed by atoms with Gasteiger partial charge in [-0.2, -0.15) is 9.59 Å². The van der Waals surface area contributed by atoms with Crippen LogP contribution in [-0.2, 0) is 23.9 Å². The maximum atomic E-state index is 13.5. The van der Waals surface area contributed by atoms with E-state index in [0.717, 1.165) is 71.4 Å². The highest BCUT2D eigenvalue weighted by atomic mass is 35.5. The van der Waals surface area contributed by atoms with Crippen molar-refractivity contribution in [3.05, 3.63) is 59.2 Å². The number of anilines is 2. The first-order valence-electron chi connectivity index (χ1n) is 18.9. The number of piperidine rings is 2. The maximum absolute atomic E-state index is 13.5. The quantitative estimate of drug-likeness (QED) is 0.159. The molecule has 4 fully saturated rings. The van der Waals surface area contributed by atoms with Crippen LogP contribution < -0.4 is 26.6 Å². The van der Waals surface area contributed by atoms with Crippen LogP contribution in [-0.4, -0.2) is 107 Å². The number of ether oxygens (including phenoxy) is 2. The topological polar surface area (TPSA) is 167 Å². The van der Waals surface area contributed by atoms with E-state index in [9.17, 15) is 23.2 Å². The number of nitrogens with one attached hydrogen (secondary N) is 5. The van der Waals surface area contributed by atoms with E-state index < -0.39 is 0 Å². The number of nitrogens with zero attached hydrogens (tertiary/aromatic N) is 1. The lowest BCUT2D eigenvalue weighted by Gasteiger charge is -2.35. The van der Waals surface area contributed by atoms with Crippen LogP contribution in [0.1, 0.15) is 76.3 Å². The molecule has 4 saturated heterocycles. The second-order valence-corrected chi connectivity index (χ2v) is 14.3. The predicted molar refractivity (Wildman–Crippen MR) is 224 cm³/mol. The third-order valence-corrected chi connectivity index (χ3v) is 9.26. The number of alkyl halides is 2. The fraction of sp³-hybridized carbons (Fsp3) is 0.600. The maximum Gasteiger partial charge on any atom is 0.373 e. The first-order chi connectivity index (χ1) is 27.0. The summed E-state index contributed by atoms with van der Waals surface area (Å²) in [5, 5.41) is 14.5. The molecule has 4 aliphatic heterocycles. The van der Waals surface area contributed by atoms with Gasteiger partial charge in [-0.25, -0.2) is 18.4 Å². The summed E-state index contributed by atoms with van der Waals surface area (Å²) in [7, 11) is 0. The third kappa shape index (κ3) is 22.4. The fourth-order valence-corrected chi connectivity index (χ4v) is 6.14. The molecule has 6 rings (SSSR count). The van der Waals surface area contributed by atoms with E-state index in [1.807, 2.05) is 4.90 Å². The molecule has 0 saturated carbocycles. The Bertz CT molecular complexity index is 1490. The number of amides is 5. The zero-order valence-corrected chi connectivity index (χ0v) is 34.3. The van der Waals surface area contributed by atoms with Gasteiger partial charge in [0.05, 0.1) is 17.9 Å². The first kappa shape index (κ1) is 54.2. The molecule has 0 spiro atoms. The lowest BCUT2D eigenvalue weighted by atomic mass is 9.98. The molecule has 18 heteroatoms. The van der Waals surface area contributed by atoms with E-state index in [4.69, 9.17) is 42.3 Å². The van der Waals surface area contributed by atoms with Crippen LogP contribution >= 0.6 is 23.2 Å². The summed E-state index contributed by atoms with van der Waals surface area (Å²) >= 11 is 9.53. The number of benzene rings is 2. The Hall–Kier alpha value is -3.79. The number of urea groups is 2. The first-order valence-corrected chi connectivity index (χ1v) is 20.0. The van der Waals surface area contributed by atoms with Crippen LogP contribution in [0.3, 0.4) is 0 Å². The van der Waals surface area contributed by atoms with Crippen LogP contribution in [0.5, 0.6) is 0 Å². The van der Waals surface area contributed by atoms with Gasteiger partial charge in [0.1, 0.15) is 11.6 Å². The Morgan fingerprint density at radius 3 is 1.59 bits per heavy atom. The van der Waals surface area contributed by atoms with Gasteiger partial charge in [0.15, 0.2) is 0 Å². The summed E-state index contributed by atoms with van der Waals surface area (Å²) in [6.45, 7) is 9.75. The number of halogens is 4. The van der Waals surface area contributed by atoms with E-state index in [1.54, 1.807) is 38.1 Å². The number of carbonyl (C=O) groups is 3. The monoisotopic (exact) mass is 855 g/mol. The molecule has 4 heterocycles. The summed E-state index contributed by atoms with van der Waals surface area (Å²) in [6, 6.07) is 8.87. The number of rotatable bonds is 5. The molecule has 323 valence electrons. The molecule has 1 unspecified atom stereocenters. The molecule has 5 amide bonds. The Balaban J connectivity index is 0.000000877. The van der Waals surface area contributed by atoms with E-state index in [1.165, 1.54) is 31.4 Å². The van der Waals surface area contributed by atoms with Crippen molar-refractivity contribution in [3.63, 3.8) is 0 Å². The highest BCUT2D eigenvalue weighted by Crippen LogP contribution is 2.20. The normalized spacial score (nSPS) is 17.6. The largest absolute Gasteiger partial charge is 0.381 e. The minimum absolute atomic E-state index is 0. The minimum atomic E-state index is -0.348. The average molecular weight is 857 g/mol. The van der Waals surface area contributed by atoms with Crippen molar-refractivity contribution in [2.45, 2.75) is 91.1 Å². The van der Waals surface area contributed by atoms with Crippen molar-refractivity contribution < 1.29 is 42.2 Å². The van der Waals surface area contributed by atoms with Gasteiger partial charge in [0.25, 0.3) is 0 Å². The standard InChI is InChI=1S/C19H26FN3O3.C13H18FN3O.C5H10O.CH2Cl2.CO2.CH4.B/c1-13-4-5-16(11-17(13)20)22-19(25)21-15-6-8-23(9-7-15)18(24)14-3-2-10-26-12-14;1-9-2-3-11(8-12(9)14)17-13(18)16-10-4-6-15-7-5-10;1-2-4-6-5-3-1;2*2-1-3;;/h4-5,11,14-15H,2-3,6-10,12H2,1H3,(H2,21,22,25);2-3,8,10,15H,4-7H2,1H3,(H2,16,17,18);1-5H2;1H2;;1H4;. The van der Waals surface area contributed by atoms with Gasteiger partial charge < -0.3 is 41.0 Å². The fourth-order valence-electron chi connectivity index (χ4n) is 6.14. The molecule has 4 aliphatic rings. The number of aryl methyl sites for hydroxylation is 2. The highest BCUT2D eigenvalue weighted by molar-refractivity contribution is 6.40. The Morgan fingerprint density at radius 2 is 1.21 bits per heavy atom. The molecular weight excluding hydrogens is 796 g/mol. The molecule has 1 atom stereocenters. The van der Waals surface area contributed by atoms with Gasteiger partial charge in [-0.1, -0.05) is 19.6 Å². The van der Waals surface area contributed by atoms with Crippen molar-refractivity contribution in [3.8, 4) is 0 Å². The van der Waals surface area contributed by atoms with Crippen molar-refractivity contribution in [1.82, 2.24) is 20.9 Å². The highest BCUT2D eigenvalue weighted by Gasteiger charge is 2.30. The van der Waals surface area contributed by atoms with Crippen LogP contribution in [0.2, 0.25) is 0 Å². The molecule has 2 aromatic rings. The zero-order valence-electron chi connectivity index (χ0n) is 32.8. The van der Waals surface area contributed by atoms with Crippen LogP contribution in [0, 0.1) is 31.4 Å². The van der Waals surface area contributed by atoms with Gasteiger partial charge in [0, 0.05) is 64.8 Å². The van der Waals surface area contributed by atoms with Crippen molar-refractivity contribution in [2.24, 2.45) is 5.92 Å². The van der Waals surface area contributed by atoms with E-state index in [2.05, 4.69) is 26.6 Å². The van der Waals surface area contributed by atoms with Crippen molar-refractivity contribution in [2.75, 3.05) is 68.6 Å². The molecule has 0 aromatic heterocycles. The van der Waals surface area contributed by atoms with Crippen molar-refractivity contribution in [1.29, 1.82) is 0 Å². The van der Waals surface area contributed by atoms with Gasteiger partial charge >= 0.3 is 18.2 Å². The molecule has 13 nitrogen and oxygen atoms in total. The number of hydrogen-bond donors (Lipinski definition) is 5. The van der Waals surface area contributed by atoms with Crippen molar-refractivity contribution >= 4 is 67.1 Å². The van der Waals surface area contributed by atoms with Crippen LogP contribution in [0.4, 0.5) is 29.7 Å². The summed E-state index contributed by atoms with van der Waals surface area (Å²) in [5.74, 6) is -0.508. The SMILES string of the molecule is C.C1CCOCC1.Cc1ccc(NC(=O)NC2CCN(C(=O)C3CCCOC3)CC2)cc1F.Cc1ccc(NC(=O)NC2CCNCC2)cc1F.ClCCl.O=C=O.[B]. The van der Waals surface area contributed by atoms with E-state index >= 15 is 0 Å². The molecule has 58 heavy (non-hydrogen) atoms. The molecule has 5 N–H and O–H groups in total. The smallest absolute Gasteiger partial charge is 0.373 e. The number of hydrogen-bond acceptors (Lipinski definition) is 8. The van der Waals surface area contributed by atoms with Crippen LogP contribution in [0.25, 0.3) is 0 Å². The van der Waals surface area contributed by atoms with E-state index in [0.29, 0.717) is 42.2 Å².